The largest absolute Gasteiger partial charge is 0.385 e. The molecule has 1 aromatic carbocycles. The molecule has 1 unspecified atom stereocenters. The lowest BCUT2D eigenvalue weighted by atomic mass is 9.87. The number of hydrogen-bond acceptors (Lipinski definition) is 3. The quantitative estimate of drug-likeness (QED) is 0.898. The van der Waals surface area contributed by atoms with Crippen LogP contribution in [0.4, 0.5) is 4.39 Å². The molecule has 1 heterocycles. The molecule has 1 atom stereocenters. The van der Waals surface area contributed by atoms with Gasteiger partial charge in [-0.05, 0) is 12.5 Å². The molecule has 18 heavy (non-hydrogen) atoms. The molecule has 96 valence electrons. The van der Waals surface area contributed by atoms with Crippen LogP contribution < -0.4 is 0 Å². The Balaban J connectivity index is 2.37. The second-order valence-corrected chi connectivity index (χ2v) is 4.34. The zero-order valence-corrected chi connectivity index (χ0v) is 10.5. The van der Waals surface area contributed by atoms with Gasteiger partial charge in [-0.3, -0.25) is 4.68 Å². The zero-order valence-electron chi connectivity index (χ0n) is 10.5. The third-order valence-corrected chi connectivity index (χ3v) is 3.22. The molecule has 0 fully saturated rings. The van der Waals surface area contributed by atoms with Gasteiger partial charge in [0.2, 0.25) is 0 Å². The third kappa shape index (κ3) is 2.26. The summed E-state index contributed by atoms with van der Waals surface area (Å²) in [6.07, 6.45) is 2.06. The van der Waals surface area contributed by atoms with Crippen LogP contribution in [0.2, 0.25) is 0 Å². The fourth-order valence-corrected chi connectivity index (χ4v) is 1.99. The number of aryl methyl sites for hydroxylation is 1. The van der Waals surface area contributed by atoms with Crippen LogP contribution in [-0.2, 0) is 19.1 Å². The first-order chi connectivity index (χ1) is 8.57. The first-order valence-corrected chi connectivity index (χ1v) is 5.87. The predicted octanol–water partition coefficient (Wildman–Crippen LogP) is 1.79. The molecule has 0 amide bonds. The Morgan fingerprint density at radius 1 is 1.39 bits per heavy atom. The van der Waals surface area contributed by atoms with E-state index < -0.39 is 11.4 Å². The molecular formula is C13H16FN3O. The smallest absolute Gasteiger partial charge is 0.138 e. The van der Waals surface area contributed by atoms with Crippen molar-refractivity contribution in [2.45, 2.75) is 25.4 Å². The van der Waals surface area contributed by atoms with Gasteiger partial charge in [0.15, 0.2) is 0 Å². The highest BCUT2D eigenvalue weighted by Gasteiger charge is 2.31. The molecule has 0 aliphatic heterocycles. The molecule has 0 radical (unpaired) electrons. The Labute approximate surface area is 105 Å². The predicted molar refractivity (Wildman–Crippen MR) is 65.3 cm³/mol. The zero-order chi connectivity index (χ0) is 13.2. The van der Waals surface area contributed by atoms with Crippen LogP contribution in [0.5, 0.6) is 0 Å². The lowest BCUT2D eigenvalue weighted by molar-refractivity contribution is 0.0263. The summed E-state index contributed by atoms with van der Waals surface area (Å²) in [5, 5.41) is 14.6. The minimum absolute atomic E-state index is 0.237. The Hall–Kier alpha value is -1.75. The van der Waals surface area contributed by atoms with Crippen molar-refractivity contribution < 1.29 is 9.50 Å². The van der Waals surface area contributed by atoms with Crippen LogP contribution in [0.3, 0.4) is 0 Å². The summed E-state index contributed by atoms with van der Waals surface area (Å²) < 4.78 is 15.4. The number of benzene rings is 1. The summed E-state index contributed by atoms with van der Waals surface area (Å²) in [4.78, 5) is 4.07. The number of hydrogen-bond donors (Lipinski definition) is 1. The van der Waals surface area contributed by atoms with Gasteiger partial charge in [0, 0.05) is 19.0 Å². The normalized spacial score (nSPS) is 14.4. The van der Waals surface area contributed by atoms with Crippen molar-refractivity contribution in [1.29, 1.82) is 0 Å². The molecule has 0 aliphatic rings. The van der Waals surface area contributed by atoms with E-state index >= 15 is 0 Å². The molecule has 0 spiro atoms. The molecular weight excluding hydrogens is 233 g/mol. The molecule has 2 rings (SSSR count). The second-order valence-electron chi connectivity index (χ2n) is 4.34. The SMILES string of the molecule is CCC(O)(Cc1ncnn1C)c1ccccc1F. The van der Waals surface area contributed by atoms with E-state index in [9.17, 15) is 9.50 Å². The van der Waals surface area contributed by atoms with E-state index in [1.807, 2.05) is 6.92 Å². The van der Waals surface area contributed by atoms with Crippen molar-refractivity contribution in [3.63, 3.8) is 0 Å². The first-order valence-electron chi connectivity index (χ1n) is 5.87. The first kappa shape index (κ1) is 12.7. The second kappa shape index (κ2) is 4.86. The minimum Gasteiger partial charge on any atom is -0.385 e. The highest BCUT2D eigenvalue weighted by atomic mass is 19.1. The van der Waals surface area contributed by atoms with Gasteiger partial charge in [-0.1, -0.05) is 25.1 Å². The summed E-state index contributed by atoms with van der Waals surface area (Å²) in [6.45, 7) is 1.82. The van der Waals surface area contributed by atoms with Gasteiger partial charge < -0.3 is 5.11 Å². The Kier molecular flexibility index (Phi) is 3.43. The molecule has 1 aromatic heterocycles. The summed E-state index contributed by atoms with van der Waals surface area (Å²) in [6, 6.07) is 6.29. The van der Waals surface area contributed by atoms with Crippen LogP contribution in [-0.4, -0.2) is 19.9 Å². The average Bonchev–Trinajstić information content (AvgIpc) is 2.75. The van der Waals surface area contributed by atoms with Crippen LogP contribution in [0.25, 0.3) is 0 Å². The van der Waals surface area contributed by atoms with Gasteiger partial charge in [0.1, 0.15) is 18.0 Å². The maximum atomic E-state index is 13.8. The van der Waals surface area contributed by atoms with Crippen molar-refractivity contribution in [3.05, 3.63) is 47.8 Å². The van der Waals surface area contributed by atoms with Gasteiger partial charge >= 0.3 is 0 Å². The van der Waals surface area contributed by atoms with E-state index in [4.69, 9.17) is 0 Å². The highest BCUT2D eigenvalue weighted by Crippen LogP contribution is 2.30. The van der Waals surface area contributed by atoms with E-state index in [-0.39, 0.29) is 6.42 Å². The maximum absolute atomic E-state index is 13.8. The number of nitrogens with zero attached hydrogens (tertiary/aromatic N) is 3. The molecule has 5 heteroatoms. The van der Waals surface area contributed by atoms with Gasteiger partial charge in [0.05, 0.1) is 5.60 Å². The fraction of sp³-hybridized carbons (Fsp3) is 0.385. The summed E-state index contributed by atoms with van der Waals surface area (Å²) >= 11 is 0. The van der Waals surface area contributed by atoms with Gasteiger partial charge in [0.25, 0.3) is 0 Å². The highest BCUT2D eigenvalue weighted by molar-refractivity contribution is 5.25. The molecule has 1 N–H and O–H groups in total. The Morgan fingerprint density at radius 2 is 2.11 bits per heavy atom. The van der Waals surface area contributed by atoms with Crippen molar-refractivity contribution in [3.8, 4) is 0 Å². The van der Waals surface area contributed by atoms with E-state index in [0.29, 0.717) is 17.8 Å². The minimum atomic E-state index is -1.26. The molecule has 0 bridgehead atoms. The van der Waals surface area contributed by atoms with Crippen LogP contribution >= 0.6 is 0 Å². The van der Waals surface area contributed by atoms with Crippen LogP contribution in [0.1, 0.15) is 24.7 Å². The van der Waals surface area contributed by atoms with Crippen molar-refractivity contribution in [2.75, 3.05) is 0 Å². The molecule has 2 aromatic rings. The van der Waals surface area contributed by atoms with Crippen molar-refractivity contribution in [1.82, 2.24) is 14.8 Å². The van der Waals surface area contributed by atoms with Gasteiger partial charge in [-0.15, -0.1) is 0 Å². The Bertz CT molecular complexity index is 541. The maximum Gasteiger partial charge on any atom is 0.138 e. The molecule has 0 aliphatic carbocycles. The summed E-state index contributed by atoms with van der Waals surface area (Å²) in [5.41, 5.74) is -0.956. The van der Waals surface area contributed by atoms with Gasteiger partial charge in [-0.25, -0.2) is 9.37 Å². The van der Waals surface area contributed by atoms with E-state index in [0.717, 1.165) is 0 Å². The van der Waals surface area contributed by atoms with E-state index in [1.54, 1.807) is 29.9 Å². The summed E-state index contributed by atoms with van der Waals surface area (Å²) in [5.74, 6) is 0.228. The van der Waals surface area contributed by atoms with Crippen molar-refractivity contribution >= 4 is 0 Å². The molecule has 0 saturated carbocycles. The lowest BCUT2D eigenvalue weighted by Crippen LogP contribution is -2.30. The summed E-state index contributed by atoms with van der Waals surface area (Å²) in [7, 11) is 1.75. The standard InChI is InChI=1S/C13H16FN3O/c1-3-13(18,8-12-15-9-16-17(12)2)10-6-4-5-7-11(10)14/h4-7,9,18H,3,8H2,1-2H3. The lowest BCUT2D eigenvalue weighted by Gasteiger charge is -2.27. The number of rotatable bonds is 4. The monoisotopic (exact) mass is 249 g/mol. The van der Waals surface area contributed by atoms with Crippen LogP contribution in [0, 0.1) is 5.82 Å². The molecule has 4 nitrogen and oxygen atoms in total. The van der Waals surface area contributed by atoms with E-state index in [2.05, 4.69) is 10.1 Å². The number of halogens is 1. The Morgan fingerprint density at radius 3 is 2.67 bits per heavy atom. The van der Waals surface area contributed by atoms with E-state index in [1.165, 1.54) is 12.4 Å². The van der Waals surface area contributed by atoms with Crippen LogP contribution in [0.15, 0.2) is 30.6 Å². The van der Waals surface area contributed by atoms with Crippen molar-refractivity contribution in [2.24, 2.45) is 7.05 Å². The number of aromatic nitrogens is 3. The fourth-order valence-electron chi connectivity index (χ4n) is 1.99. The number of aliphatic hydroxyl groups is 1. The van der Waals surface area contributed by atoms with Gasteiger partial charge in [-0.2, -0.15) is 5.10 Å². The average molecular weight is 249 g/mol. The third-order valence-electron chi connectivity index (χ3n) is 3.22. The topological polar surface area (TPSA) is 50.9 Å². The molecule has 0 saturated heterocycles.